The van der Waals surface area contributed by atoms with Gasteiger partial charge in [0.15, 0.2) is 0 Å². The van der Waals surface area contributed by atoms with E-state index in [9.17, 15) is 13.6 Å². The number of hydrogen-bond donors (Lipinski definition) is 1. The van der Waals surface area contributed by atoms with E-state index in [0.29, 0.717) is 9.35 Å². The Bertz CT molecular complexity index is 570. The molecule has 0 unspecified atom stereocenters. The second-order valence-electron chi connectivity index (χ2n) is 3.18. The van der Waals surface area contributed by atoms with Crippen molar-refractivity contribution >= 4 is 38.9 Å². The Labute approximate surface area is 108 Å². The predicted molar refractivity (Wildman–Crippen MR) is 66.3 cm³/mol. The standard InChI is InChI=1S/C11H6BrF2NOS/c12-7-3-4-17-10(7)11(16)15-9-2-1-6(13)5-8(9)14/h1-5H,(H,15,16). The smallest absolute Gasteiger partial charge is 0.266 e. The summed E-state index contributed by atoms with van der Waals surface area (Å²) in [5, 5.41) is 4.12. The number of amides is 1. The van der Waals surface area contributed by atoms with E-state index in [4.69, 9.17) is 0 Å². The van der Waals surface area contributed by atoms with Crippen LogP contribution in [0.25, 0.3) is 0 Å². The van der Waals surface area contributed by atoms with Crippen LogP contribution in [0.1, 0.15) is 9.67 Å². The van der Waals surface area contributed by atoms with Crippen LogP contribution in [0.5, 0.6) is 0 Å². The van der Waals surface area contributed by atoms with E-state index in [1.54, 1.807) is 11.4 Å². The van der Waals surface area contributed by atoms with E-state index >= 15 is 0 Å². The van der Waals surface area contributed by atoms with E-state index in [1.807, 2.05) is 0 Å². The molecule has 0 spiro atoms. The third kappa shape index (κ3) is 2.70. The lowest BCUT2D eigenvalue weighted by atomic mass is 10.3. The maximum atomic E-state index is 13.3. The predicted octanol–water partition coefficient (Wildman–Crippen LogP) is 4.04. The molecule has 0 atom stereocenters. The highest BCUT2D eigenvalue weighted by Crippen LogP contribution is 2.24. The first kappa shape index (κ1) is 12.2. The minimum Gasteiger partial charge on any atom is -0.319 e. The Morgan fingerprint density at radius 1 is 1.29 bits per heavy atom. The molecule has 0 fully saturated rings. The number of nitrogens with one attached hydrogen (secondary N) is 1. The second-order valence-corrected chi connectivity index (χ2v) is 4.95. The van der Waals surface area contributed by atoms with Gasteiger partial charge in [-0.1, -0.05) is 0 Å². The molecule has 0 bridgehead atoms. The summed E-state index contributed by atoms with van der Waals surface area (Å²) < 4.78 is 26.6. The first-order valence-corrected chi connectivity index (χ1v) is 6.24. The minimum absolute atomic E-state index is 0.0447. The molecular formula is C11H6BrF2NOS. The highest BCUT2D eigenvalue weighted by molar-refractivity contribution is 9.10. The second kappa shape index (κ2) is 4.93. The fourth-order valence-electron chi connectivity index (χ4n) is 1.23. The molecule has 17 heavy (non-hydrogen) atoms. The van der Waals surface area contributed by atoms with Gasteiger partial charge in [-0.3, -0.25) is 4.79 Å². The van der Waals surface area contributed by atoms with Crippen LogP contribution >= 0.6 is 27.3 Å². The topological polar surface area (TPSA) is 29.1 Å². The van der Waals surface area contributed by atoms with Gasteiger partial charge in [-0.05, 0) is 39.5 Å². The molecule has 0 radical (unpaired) electrons. The Balaban J connectivity index is 2.22. The Morgan fingerprint density at radius 3 is 2.65 bits per heavy atom. The first-order valence-electron chi connectivity index (χ1n) is 4.57. The molecule has 2 aromatic rings. The Morgan fingerprint density at radius 2 is 2.06 bits per heavy atom. The van der Waals surface area contributed by atoms with Gasteiger partial charge in [0.25, 0.3) is 5.91 Å². The molecule has 6 heteroatoms. The number of halogens is 3. The fraction of sp³-hybridized carbons (Fsp3) is 0. The fourth-order valence-corrected chi connectivity index (χ4v) is 2.67. The molecule has 1 heterocycles. The van der Waals surface area contributed by atoms with Crippen LogP contribution in [-0.2, 0) is 0 Å². The summed E-state index contributed by atoms with van der Waals surface area (Å²) in [6.07, 6.45) is 0. The summed E-state index contributed by atoms with van der Waals surface area (Å²) in [5.41, 5.74) is -0.0447. The van der Waals surface area contributed by atoms with E-state index in [1.165, 1.54) is 17.4 Å². The zero-order valence-corrected chi connectivity index (χ0v) is 10.7. The summed E-state index contributed by atoms with van der Waals surface area (Å²) >= 11 is 4.44. The van der Waals surface area contributed by atoms with E-state index in [2.05, 4.69) is 21.2 Å². The Hall–Kier alpha value is -1.27. The maximum Gasteiger partial charge on any atom is 0.266 e. The van der Waals surface area contributed by atoms with Crippen molar-refractivity contribution in [3.05, 3.63) is 50.6 Å². The molecule has 1 amide bonds. The highest BCUT2D eigenvalue weighted by Gasteiger charge is 2.13. The van der Waals surface area contributed by atoms with Crippen LogP contribution in [0, 0.1) is 11.6 Å². The lowest BCUT2D eigenvalue weighted by Crippen LogP contribution is -2.12. The van der Waals surface area contributed by atoms with Crippen molar-refractivity contribution in [1.29, 1.82) is 0 Å². The van der Waals surface area contributed by atoms with Crippen molar-refractivity contribution in [2.24, 2.45) is 0 Å². The molecule has 0 saturated carbocycles. The van der Waals surface area contributed by atoms with Crippen molar-refractivity contribution in [1.82, 2.24) is 0 Å². The molecule has 1 aromatic heterocycles. The van der Waals surface area contributed by atoms with Gasteiger partial charge in [-0.2, -0.15) is 0 Å². The summed E-state index contributed by atoms with van der Waals surface area (Å²) in [7, 11) is 0. The molecule has 0 saturated heterocycles. The third-order valence-corrected chi connectivity index (χ3v) is 3.84. The van der Waals surface area contributed by atoms with Crippen LogP contribution in [0.3, 0.4) is 0 Å². The van der Waals surface area contributed by atoms with Gasteiger partial charge < -0.3 is 5.32 Å². The number of benzene rings is 1. The number of anilines is 1. The highest BCUT2D eigenvalue weighted by atomic mass is 79.9. The van der Waals surface area contributed by atoms with Gasteiger partial charge in [-0.25, -0.2) is 8.78 Å². The van der Waals surface area contributed by atoms with Gasteiger partial charge in [-0.15, -0.1) is 11.3 Å². The van der Waals surface area contributed by atoms with Gasteiger partial charge in [0.1, 0.15) is 16.5 Å². The number of hydrogen-bond acceptors (Lipinski definition) is 2. The molecule has 0 aliphatic rings. The maximum absolute atomic E-state index is 13.3. The quantitative estimate of drug-likeness (QED) is 0.889. The number of carbonyl (C=O) groups excluding carboxylic acids is 1. The molecule has 2 rings (SSSR count). The third-order valence-electron chi connectivity index (χ3n) is 2.00. The van der Waals surface area contributed by atoms with Crippen molar-refractivity contribution in [3.63, 3.8) is 0 Å². The van der Waals surface area contributed by atoms with Crippen LogP contribution in [-0.4, -0.2) is 5.91 Å². The SMILES string of the molecule is O=C(Nc1ccc(F)cc1F)c1sccc1Br. The zero-order chi connectivity index (χ0) is 12.4. The van der Waals surface area contributed by atoms with Crippen LogP contribution in [0.4, 0.5) is 14.5 Å². The van der Waals surface area contributed by atoms with Crippen LogP contribution in [0.15, 0.2) is 34.1 Å². The molecule has 1 N–H and O–H groups in total. The van der Waals surface area contributed by atoms with Gasteiger partial charge in [0, 0.05) is 10.5 Å². The lowest BCUT2D eigenvalue weighted by Gasteiger charge is -2.05. The number of carbonyl (C=O) groups is 1. The summed E-state index contributed by atoms with van der Waals surface area (Å²) in [6.45, 7) is 0. The average Bonchev–Trinajstić information content (AvgIpc) is 2.68. The summed E-state index contributed by atoms with van der Waals surface area (Å²) in [5.74, 6) is -1.92. The summed E-state index contributed by atoms with van der Waals surface area (Å²) in [4.78, 5) is 12.2. The first-order chi connectivity index (χ1) is 8.08. The molecular weight excluding hydrogens is 312 g/mol. The molecule has 0 aliphatic heterocycles. The Kier molecular flexibility index (Phi) is 3.54. The normalized spacial score (nSPS) is 10.3. The van der Waals surface area contributed by atoms with E-state index < -0.39 is 17.5 Å². The van der Waals surface area contributed by atoms with Crippen LogP contribution < -0.4 is 5.32 Å². The monoisotopic (exact) mass is 317 g/mol. The molecule has 0 aliphatic carbocycles. The largest absolute Gasteiger partial charge is 0.319 e. The average molecular weight is 318 g/mol. The van der Waals surface area contributed by atoms with Gasteiger partial charge >= 0.3 is 0 Å². The van der Waals surface area contributed by atoms with E-state index in [-0.39, 0.29) is 5.69 Å². The lowest BCUT2D eigenvalue weighted by molar-refractivity contribution is 0.102. The minimum atomic E-state index is -0.800. The van der Waals surface area contributed by atoms with E-state index in [0.717, 1.165) is 12.1 Å². The van der Waals surface area contributed by atoms with Crippen molar-refractivity contribution < 1.29 is 13.6 Å². The van der Waals surface area contributed by atoms with Crippen molar-refractivity contribution in [2.45, 2.75) is 0 Å². The van der Waals surface area contributed by atoms with Gasteiger partial charge in [0.2, 0.25) is 0 Å². The number of rotatable bonds is 2. The van der Waals surface area contributed by atoms with Crippen LogP contribution in [0.2, 0.25) is 0 Å². The molecule has 1 aromatic carbocycles. The van der Waals surface area contributed by atoms with Gasteiger partial charge in [0.05, 0.1) is 5.69 Å². The molecule has 88 valence electrons. The summed E-state index contributed by atoms with van der Waals surface area (Å²) in [6, 6.07) is 4.71. The van der Waals surface area contributed by atoms with Crippen molar-refractivity contribution in [3.8, 4) is 0 Å². The number of thiophene rings is 1. The van der Waals surface area contributed by atoms with Crippen molar-refractivity contribution in [2.75, 3.05) is 5.32 Å². The molecule has 2 nitrogen and oxygen atoms in total. The zero-order valence-electron chi connectivity index (χ0n) is 8.34.